The molecular formula is C22H24N4O3S. The van der Waals surface area contributed by atoms with Crippen LogP contribution in [-0.2, 0) is 27.7 Å². The third kappa shape index (κ3) is 3.62. The van der Waals surface area contributed by atoms with E-state index in [1.165, 1.54) is 9.87 Å². The molecule has 0 amide bonds. The molecule has 0 atom stereocenters. The van der Waals surface area contributed by atoms with Crippen LogP contribution in [0, 0.1) is 0 Å². The van der Waals surface area contributed by atoms with Gasteiger partial charge in [-0.1, -0.05) is 12.1 Å². The van der Waals surface area contributed by atoms with Crippen LogP contribution in [0.5, 0.6) is 0 Å². The zero-order valence-corrected chi connectivity index (χ0v) is 17.5. The quantitative estimate of drug-likeness (QED) is 0.629. The van der Waals surface area contributed by atoms with Crippen molar-refractivity contribution in [3.63, 3.8) is 0 Å². The van der Waals surface area contributed by atoms with Crippen molar-refractivity contribution in [3.8, 4) is 5.69 Å². The maximum atomic E-state index is 12.9. The van der Waals surface area contributed by atoms with Gasteiger partial charge in [0, 0.05) is 44.3 Å². The average Bonchev–Trinajstić information content (AvgIpc) is 3.45. The number of ether oxygens (including phenoxy) is 1. The van der Waals surface area contributed by atoms with Crippen LogP contribution in [0.25, 0.3) is 5.69 Å². The summed E-state index contributed by atoms with van der Waals surface area (Å²) < 4.78 is 34.5. The highest BCUT2D eigenvalue weighted by atomic mass is 32.2. The first kappa shape index (κ1) is 19.3. The van der Waals surface area contributed by atoms with Gasteiger partial charge in [-0.25, -0.2) is 13.1 Å². The molecular weight excluding hydrogens is 400 g/mol. The molecule has 0 unspecified atom stereocenters. The van der Waals surface area contributed by atoms with Crippen molar-refractivity contribution in [3.05, 3.63) is 72.1 Å². The molecule has 0 aliphatic carbocycles. The zero-order chi connectivity index (χ0) is 20.6. The molecule has 3 aromatic rings. The fourth-order valence-corrected chi connectivity index (χ4v) is 5.56. The molecule has 0 spiro atoms. The van der Waals surface area contributed by atoms with E-state index in [1.54, 1.807) is 12.3 Å². The molecule has 0 radical (unpaired) electrons. The van der Waals surface area contributed by atoms with Gasteiger partial charge in [0.2, 0.25) is 10.0 Å². The Balaban J connectivity index is 1.32. The molecule has 0 N–H and O–H groups in total. The normalized spacial score (nSPS) is 17.3. The molecule has 1 fully saturated rings. The van der Waals surface area contributed by atoms with Crippen molar-refractivity contribution >= 4 is 15.7 Å². The van der Waals surface area contributed by atoms with Gasteiger partial charge in [-0.2, -0.15) is 9.40 Å². The molecule has 156 valence electrons. The topological polar surface area (TPSA) is 67.7 Å². The van der Waals surface area contributed by atoms with E-state index >= 15 is 0 Å². The Morgan fingerprint density at radius 1 is 1.00 bits per heavy atom. The van der Waals surface area contributed by atoms with Gasteiger partial charge in [-0.3, -0.25) is 0 Å². The predicted octanol–water partition coefficient (Wildman–Crippen LogP) is 2.46. The van der Waals surface area contributed by atoms with Crippen molar-refractivity contribution in [1.82, 2.24) is 14.1 Å². The number of benzene rings is 2. The number of aromatic nitrogens is 2. The molecule has 5 rings (SSSR count). The summed E-state index contributed by atoms with van der Waals surface area (Å²) in [5.74, 6) is 0. The monoisotopic (exact) mass is 424 g/mol. The van der Waals surface area contributed by atoms with Crippen LogP contribution >= 0.6 is 0 Å². The van der Waals surface area contributed by atoms with E-state index in [1.807, 2.05) is 29.1 Å². The highest BCUT2D eigenvalue weighted by Crippen LogP contribution is 2.32. The number of morpholine rings is 1. The summed E-state index contributed by atoms with van der Waals surface area (Å²) >= 11 is 0. The van der Waals surface area contributed by atoms with Crippen LogP contribution in [0.4, 0.5) is 5.69 Å². The Hall–Kier alpha value is -2.68. The van der Waals surface area contributed by atoms with Crippen LogP contribution in [0.2, 0.25) is 0 Å². The van der Waals surface area contributed by atoms with Gasteiger partial charge in [0.1, 0.15) is 0 Å². The number of sulfonamides is 1. The lowest BCUT2D eigenvalue weighted by Crippen LogP contribution is -2.40. The summed E-state index contributed by atoms with van der Waals surface area (Å²) in [7, 11) is -3.46. The van der Waals surface area contributed by atoms with Crippen molar-refractivity contribution in [1.29, 1.82) is 0 Å². The molecule has 0 bridgehead atoms. The van der Waals surface area contributed by atoms with Gasteiger partial charge in [-0.05, 0) is 53.9 Å². The van der Waals surface area contributed by atoms with Crippen LogP contribution in [0.1, 0.15) is 11.1 Å². The molecule has 1 saturated heterocycles. The molecule has 30 heavy (non-hydrogen) atoms. The summed E-state index contributed by atoms with van der Waals surface area (Å²) in [6.07, 6.45) is 4.55. The summed E-state index contributed by atoms with van der Waals surface area (Å²) in [6, 6.07) is 15.8. The standard InChI is InChI=1S/C22H24N4O3S/c27-30(28,25-12-14-29-15-13-25)21-6-7-22-19(16-21)8-11-24(22)17-18-2-4-20(5-3-18)26-10-1-9-23-26/h1-7,9-10,16H,8,11-15,17H2. The first-order chi connectivity index (χ1) is 14.6. The highest BCUT2D eigenvalue weighted by molar-refractivity contribution is 7.89. The Labute approximate surface area is 176 Å². The van der Waals surface area contributed by atoms with Crippen molar-refractivity contribution in [2.45, 2.75) is 17.9 Å². The second-order valence-corrected chi connectivity index (χ2v) is 9.53. The van der Waals surface area contributed by atoms with Crippen molar-refractivity contribution in [2.24, 2.45) is 0 Å². The van der Waals surface area contributed by atoms with Crippen LogP contribution < -0.4 is 4.90 Å². The maximum Gasteiger partial charge on any atom is 0.243 e. The van der Waals surface area contributed by atoms with E-state index < -0.39 is 10.0 Å². The van der Waals surface area contributed by atoms with Gasteiger partial charge in [0.15, 0.2) is 0 Å². The first-order valence-corrected chi connectivity index (χ1v) is 11.6. The SMILES string of the molecule is O=S(=O)(c1ccc2c(c1)CCN2Cc1ccc(-n2cccn2)cc1)N1CCOCC1. The molecule has 8 heteroatoms. The van der Waals surface area contributed by atoms with E-state index in [0.29, 0.717) is 31.2 Å². The van der Waals surface area contributed by atoms with E-state index in [9.17, 15) is 8.42 Å². The Kier molecular flexibility index (Phi) is 5.06. The fourth-order valence-electron chi connectivity index (χ4n) is 4.10. The van der Waals surface area contributed by atoms with Gasteiger partial charge in [-0.15, -0.1) is 0 Å². The number of anilines is 1. The lowest BCUT2D eigenvalue weighted by Gasteiger charge is -2.26. The lowest BCUT2D eigenvalue weighted by molar-refractivity contribution is 0.0730. The minimum Gasteiger partial charge on any atom is -0.379 e. The van der Waals surface area contributed by atoms with E-state index in [-0.39, 0.29) is 0 Å². The predicted molar refractivity (Wildman–Crippen MR) is 114 cm³/mol. The lowest BCUT2D eigenvalue weighted by atomic mass is 10.1. The summed E-state index contributed by atoms with van der Waals surface area (Å²) in [4.78, 5) is 2.69. The Bertz CT molecular complexity index is 1120. The summed E-state index contributed by atoms with van der Waals surface area (Å²) in [6.45, 7) is 3.42. The van der Waals surface area contributed by atoms with Crippen LogP contribution in [-0.4, -0.2) is 55.4 Å². The second-order valence-electron chi connectivity index (χ2n) is 7.60. The third-order valence-corrected chi connectivity index (χ3v) is 7.62. The minimum absolute atomic E-state index is 0.383. The smallest absolute Gasteiger partial charge is 0.243 e. The average molecular weight is 425 g/mol. The molecule has 2 aliphatic rings. The second kappa shape index (κ2) is 7.86. The summed E-state index contributed by atoms with van der Waals surface area (Å²) in [5.41, 5.74) is 4.46. The molecule has 7 nitrogen and oxygen atoms in total. The summed E-state index contributed by atoms with van der Waals surface area (Å²) in [5, 5.41) is 4.26. The number of fused-ring (bicyclic) bond motifs is 1. The van der Waals surface area contributed by atoms with Crippen molar-refractivity contribution < 1.29 is 13.2 Å². The third-order valence-electron chi connectivity index (χ3n) is 5.73. The van der Waals surface area contributed by atoms with Crippen LogP contribution in [0.15, 0.2) is 65.8 Å². The minimum atomic E-state index is -3.46. The highest BCUT2D eigenvalue weighted by Gasteiger charge is 2.28. The van der Waals surface area contributed by atoms with E-state index in [2.05, 4.69) is 34.3 Å². The van der Waals surface area contributed by atoms with Gasteiger partial charge in [0.25, 0.3) is 0 Å². The number of rotatable bonds is 5. The van der Waals surface area contributed by atoms with Crippen LogP contribution in [0.3, 0.4) is 0 Å². The fraction of sp³-hybridized carbons (Fsp3) is 0.318. The number of nitrogens with zero attached hydrogens (tertiary/aromatic N) is 4. The molecule has 1 aromatic heterocycles. The van der Waals surface area contributed by atoms with Gasteiger partial charge < -0.3 is 9.64 Å². The largest absolute Gasteiger partial charge is 0.379 e. The van der Waals surface area contributed by atoms with Gasteiger partial charge in [0.05, 0.1) is 23.8 Å². The van der Waals surface area contributed by atoms with E-state index in [4.69, 9.17) is 4.74 Å². The number of hydrogen-bond acceptors (Lipinski definition) is 5. The molecule has 3 heterocycles. The number of hydrogen-bond donors (Lipinski definition) is 0. The maximum absolute atomic E-state index is 12.9. The van der Waals surface area contributed by atoms with Gasteiger partial charge >= 0.3 is 0 Å². The molecule has 2 aliphatic heterocycles. The Morgan fingerprint density at radius 3 is 2.53 bits per heavy atom. The Morgan fingerprint density at radius 2 is 1.80 bits per heavy atom. The van der Waals surface area contributed by atoms with E-state index in [0.717, 1.165) is 36.4 Å². The first-order valence-electron chi connectivity index (χ1n) is 10.2. The van der Waals surface area contributed by atoms with Crippen molar-refractivity contribution in [2.75, 3.05) is 37.7 Å². The molecule has 0 saturated carbocycles. The zero-order valence-electron chi connectivity index (χ0n) is 16.6. The molecule has 2 aromatic carbocycles.